The minimum Gasteiger partial charge on any atom is -0.385 e. The van der Waals surface area contributed by atoms with Gasteiger partial charge >= 0.3 is 0 Å². The van der Waals surface area contributed by atoms with Gasteiger partial charge in [-0.1, -0.05) is 31.2 Å². The van der Waals surface area contributed by atoms with Crippen molar-refractivity contribution in [2.24, 2.45) is 0 Å². The molecular weight excluding hydrogens is 182 g/mol. The van der Waals surface area contributed by atoms with Crippen LogP contribution in [0.1, 0.15) is 18.9 Å². The van der Waals surface area contributed by atoms with E-state index < -0.39 is 0 Å². The number of rotatable bonds is 4. The summed E-state index contributed by atoms with van der Waals surface area (Å²) >= 11 is 5.85. The van der Waals surface area contributed by atoms with Crippen LogP contribution < -0.4 is 5.32 Å². The van der Waals surface area contributed by atoms with Crippen molar-refractivity contribution >= 4 is 23.4 Å². The lowest BCUT2D eigenvalue weighted by Gasteiger charge is -2.08. The first-order valence-electron chi connectivity index (χ1n) is 4.43. The maximum atomic E-state index is 5.85. The van der Waals surface area contributed by atoms with Gasteiger partial charge in [-0.25, -0.2) is 0 Å². The zero-order valence-corrected chi connectivity index (χ0v) is 8.56. The maximum absolute atomic E-state index is 5.85. The Kier molecular flexibility index (Phi) is 3.84. The van der Waals surface area contributed by atoms with Crippen molar-refractivity contribution in [2.45, 2.75) is 13.3 Å². The summed E-state index contributed by atoms with van der Waals surface area (Å²) in [5, 5.41) is 4.06. The van der Waals surface area contributed by atoms with Crippen molar-refractivity contribution < 1.29 is 0 Å². The van der Waals surface area contributed by atoms with E-state index in [1.165, 1.54) is 0 Å². The molecule has 1 aromatic carbocycles. The molecule has 2 heteroatoms. The van der Waals surface area contributed by atoms with Gasteiger partial charge in [-0.05, 0) is 30.2 Å². The van der Waals surface area contributed by atoms with Crippen LogP contribution in [0.3, 0.4) is 0 Å². The molecule has 0 fully saturated rings. The third kappa shape index (κ3) is 2.78. The predicted molar refractivity (Wildman–Crippen MR) is 60.3 cm³/mol. The van der Waals surface area contributed by atoms with Gasteiger partial charge in [-0.3, -0.25) is 0 Å². The first kappa shape index (κ1) is 10.1. The average Bonchev–Trinajstić information content (AvgIpc) is 2.16. The number of anilines is 1. The summed E-state index contributed by atoms with van der Waals surface area (Å²) in [6, 6.07) is 5.77. The normalized spacial score (nSPS) is 9.69. The average molecular weight is 196 g/mol. The summed E-state index contributed by atoms with van der Waals surface area (Å²) in [5.74, 6) is 0. The Bertz CT molecular complexity index is 294. The molecule has 0 spiro atoms. The van der Waals surface area contributed by atoms with E-state index in [-0.39, 0.29) is 0 Å². The van der Waals surface area contributed by atoms with Gasteiger partial charge in [0.25, 0.3) is 0 Å². The molecule has 0 bridgehead atoms. The minimum atomic E-state index is 0.747. The van der Waals surface area contributed by atoms with Gasteiger partial charge in [0.05, 0.1) is 0 Å². The largest absolute Gasteiger partial charge is 0.385 e. The van der Waals surface area contributed by atoms with Crippen LogP contribution in [0.15, 0.2) is 24.8 Å². The second-order valence-corrected chi connectivity index (χ2v) is 3.30. The van der Waals surface area contributed by atoms with Gasteiger partial charge in [0.15, 0.2) is 0 Å². The van der Waals surface area contributed by atoms with E-state index in [0.717, 1.165) is 29.2 Å². The van der Waals surface area contributed by atoms with E-state index in [9.17, 15) is 0 Å². The topological polar surface area (TPSA) is 12.0 Å². The Morgan fingerprint density at radius 3 is 2.92 bits per heavy atom. The van der Waals surface area contributed by atoms with E-state index in [2.05, 4.69) is 18.8 Å². The molecule has 0 heterocycles. The van der Waals surface area contributed by atoms with E-state index >= 15 is 0 Å². The van der Waals surface area contributed by atoms with Gasteiger partial charge in [0, 0.05) is 17.3 Å². The van der Waals surface area contributed by atoms with Crippen molar-refractivity contribution in [3.8, 4) is 0 Å². The lowest BCUT2D eigenvalue weighted by atomic mass is 10.2. The van der Waals surface area contributed by atoms with E-state index in [1.807, 2.05) is 24.3 Å². The SMILES string of the molecule is C=Cc1cc(Cl)ccc1NCCC. The van der Waals surface area contributed by atoms with E-state index in [4.69, 9.17) is 11.6 Å². The van der Waals surface area contributed by atoms with Crippen LogP contribution in [0.5, 0.6) is 0 Å². The van der Waals surface area contributed by atoms with Crippen LogP contribution in [-0.2, 0) is 0 Å². The Hall–Kier alpha value is -0.950. The van der Waals surface area contributed by atoms with Crippen LogP contribution in [0.25, 0.3) is 6.08 Å². The summed E-state index contributed by atoms with van der Waals surface area (Å²) in [7, 11) is 0. The highest BCUT2D eigenvalue weighted by atomic mass is 35.5. The smallest absolute Gasteiger partial charge is 0.0414 e. The predicted octanol–water partition coefficient (Wildman–Crippen LogP) is 3.80. The molecule has 0 amide bonds. The Balaban J connectivity index is 2.86. The molecule has 1 aromatic rings. The minimum absolute atomic E-state index is 0.747. The highest BCUT2D eigenvalue weighted by Crippen LogP contribution is 2.21. The molecule has 13 heavy (non-hydrogen) atoms. The number of hydrogen-bond acceptors (Lipinski definition) is 1. The van der Waals surface area contributed by atoms with Crippen molar-refractivity contribution in [3.63, 3.8) is 0 Å². The number of hydrogen-bond donors (Lipinski definition) is 1. The molecule has 0 radical (unpaired) electrons. The Morgan fingerprint density at radius 2 is 2.31 bits per heavy atom. The molecule has 0 aliphatic heterocycles. The maximum Gasteiger partial charge on any atom is 0.0414 e. The molecule has 1 N–H and O–H groups in total. The van der Waals surface area contributed by atoms with Crippen molar-refractivity contribution in [1.29, 1.82) is 0 Å². The molecule has 0 saturated heterocycles. The fraction of sp³-hybridized carbons (Fsp3) is 0.273. The summed E-state index contributed by atoms with van der Waals surface area (Å²) < 4.78 is 0. The third-order valence-corrected chi connectivity index (χ3v) is 2.03. The van der Waals surface area contributed by atoms with Crippen molar-refractivity contribution in [3.05, 3.63) is 35.4 Å². The van der Waals surface area contributed by atoms with Gasteiger partial charge in [-0.15, -0.1) is 0 Å². The number of halogens is 1. The molecule has 0 saturated carbocycles. The van der Waals surface area contributed by atoms with Crippen LogP contribution in [0, 0.1) is 0 Å². The van der Waals surface area contributed by atoms with Crippen molar-refractivity contribution in [2.75, 3.05) is 11.9 Å². The quantitative estimate of drug-likeness (QED) is 0.771. The van der Waals surface area contributed by atoms with Crippen LogP contribution in [0.4, 0.5) is 5.69 Å². The van der Waals surface area contributed by atoms with Crippen LogP contribution in [-0.4, -0.2) is 6.54 Å². The van der Waals surface area contributed by atoms with Gasteiger partial charge in [-0.2, -0.15) is 0 Å². The second kappa shape index (κ2) is 4.93. The van der Waals surface area contributed by atoms with Crippen LogP contribution in [0.2, 0.25) is 5.02 Å². The van der Waals surface area contributed by atoms with Gasteiger partial charge in [0.1, 0.15) is 0 Å². The second-order valence-electron chi connectivity index (χ2n) is 2.86. The lowest BCUT2D eigenvalue weighted by molar-refractivity contribution is 0.979. The fourth-order valence-electron chi connectivity index (χ4n) is 1.12. The Labute approximate surface area is 84.4 Å². The van der Waals surface area contributed by atoms with Gasteiger partial charge < -0.3 is 5.32 Å². The molecule has 1 nitrogen and oxygen atoms in total. The molecule has 0 aromatic heterocycles. The molecule has 70 valence electrons. The fourth-order valence-corrected chi connectivity index (χ4v) is 1.30. The van der Waals surface area contributed by atoms with Crippen molar-refractivity contribution in [1.82, 2.24) is 0 Å². The standard InChI is InChI=1S/C11H14ClN/c1-3-7-13-11-6-5-10(12)8-9(11)4-2/h4-6,8,13H,2-3,7H2,1H3. The summed E-state index contributed by atoms with van der Waals surface area (Å²) in [4.78, 5) is 0. The summed E-state index contributed by atoms with van der Waals surface area (Å²) in [6.07, 6.45) is 2.92. The highest BCUT2D eigenvalue weighted by Gasteiger charge is 1.98. The zero-order valence-electron chi connectivity index (χ0n) is 7.81. The molecule has 0 aliphatic rings. The monoisotopic (exact) mass is 195 g/mol. The summed E-state index contributed by atoms with van der Waals surface area (Å²) in [6.45, 7) is 6.85. The molecule has 0 atom stereocenters. The number of benzene rings is 1. The molecular formula is C11H14ClN. The van der Waals surface area contributed by atoms with Crippen LogP contribution >= 0.6 is 11.6 Å². The number of nitrogens with one attached hydrogen (secondary N) is 1. The molecule has 1 rings (SSSR count). The lowest BCUT2D eigenvalue weighted by Crippen LogP contribution is -2.00. The van der Waals surface area contributed by atoms with E-state index in [1.54, 1.807) is 0 Å². The first-order chi connectivity index (χ1) is 6.27. The zero-order chi connectivity index (χ0) is 9.68. The highest BCUT2D eigenvalue weighted by molar-refractivity contribution is 6.30. The first-order valence-corrected chi connectivity index (χ1v) is 4.81. The van der Waals surface area contributed by atoms with Gasteiger partial charge in [0.2, 0.25) is 0 Å². The Morgan fingerprint density at radius 1 is 1.54 bits per heavy atom. The molecule has 0 aliphatic carbocycles. The third-order valence-electron chi connectivity index (χ3n) is 1.80. The van der Waals surface area contributed by atoms with E-state index in [0.29, 0.717) is 0 Å². The molecule has 0 unspecified atom stereocenters. The summed E-state index contributed by atoms with van der Waals surface area (Å²) in [5.41, 5.74) is 2.15.